The minimum absolute atomic E-state index is 0.913. The summed E-state index contributed by atoms with van der Waals surface area (Å²) < 4.78 is 5.19. The summed E-state index contributed by atoms with van der Waals surface area (Å²) in [5.74, 6) is 0.913. The van der Waals surface area contributed by atoms with Gasteiger partial charge < -0.3 is 4.74 Å². The molecule has 0 spiro atoms. The lowest BCUT2D eigenvalue weighted by atomic mass is 10.1. The lowest BCUT2D eigenvalue weighted by Crippen LogP contribution is -1.83. The van der Waals surface area contributed by atoms with Crippen LogP contribution in [-0.4, -0.2) is 13.4 Å². The van der Waals surface area contributed by atoms with E-state index < -0.39 is 0 Å². The fraction of sp³-hybridized carbons (Fsp3) is 0.167. The number of hydrogen-bond donors (Lipinski definition) is 0. The maximum absolute atomic E-state index is 5.19. The number of fused-ring (bicyclic) bond motifs is 1. The van der Waals surface area contributed by atoms with Crippen molar-refractivity contribution in [2.45, 2.75) is 4.90 Å². The molecule has 0 aliphatic carbocycles. The molecule has 0 amide bonds. The van der Waals surface area contributed by atoms with Crippen LogP contribution in [-0.2, 0) is 0 Å². The molecule has 0 radical (unpaired) electrons. The van der Waals surface area contributed by atoms with Gasteiger partial charge in [-0.25, -0.2) is 0 Å². The zero-order valence-electron chi connectivity index (χ0n) is 8.28. The van der Waals surface area contributed by atoms with Crippen molar-refractivity contribution in [2.75, 3.05) is 13.4 Å². The zero-order valence-corrected chi connectivity index (χ0v) is 9.10. The van der Waals surface area contributed by atoms with Gasteiger partial charge >= 0.3 is 0 Å². The fourth-order valence-electron chi connectivity index (χ4n) is 1.54. The van der Waals surface area contributed by atoms with Gasteiger partial charge in [0.15, 0.2) is 0 Å². The molecule has 2 rings (SSSR count). The number of methoxy groups -OCH3 is 1. The second-order valence-electron chi connectivity index (χ2n) is 3.05. The van der Waals surface area contributed by atoms with E-state index in [0.717, 1.165) is 5.75 Å². The van der Waals surface area contributed by atoms with Crippen LogP contribution < -0.4 is 4.74 Å². The predicted molar refractivity (Wildman–Crippen MR) is 62.3 cm³/mol. The Kier molecular flexibility index (Phi) is 2.64. The molecule has 0 bridgehead atoms. The summed E-state index contributed by atoms with van der Waals surface area (Å²) in [6, 6.07) is 12.5. The van der Waals surface area contributed by atoms with Gasteiger partial charge in [-0.3, -0.25) is 0 Å². The third-order valence-electron chi connectivity index (χ3n) is 2.27. The molecule has 0 fully saturated rings. The number of rotatable bonds is 2. The first kappa shape index (κ1) is 9.41. The smallest absolute Gasteiger partial charge is 0.119 e. The van der Waals surface area contributed by atoms with Gasteiger partial charge in [0.1, 0.15) is 5.75 Å². The molecule has 0 saturated carbocycles. The zero-order chi connectivity index (χ0) is 9.97. The third-order valence-corrected chi connectivity index (χ3v) is 3.06. The minimum Gasteiger partial charge on any atom is -0.497 e. The Labute approximate surface area is 88.1 Å². The standard InChI is InChI=1S/C12H12OS/c1-13-10-6-7-11-9(8-10)4-3-5-12(11)14-2/h3-8H,1-2H3. The van der Waals surface area contributed by atoms with Gasteiger partial charge in [-0.2, -0.15) is 0 Å². The molecular weight excluding hydrogens is 192 g/mol. The summed E-state index contributed by atoms with van der Waals surface area (Å²) in [5, 5.41) is 2.53. The van der Waals surface area contributed by atoms with Crippen molar-refractivity contribution in [3.05, 3.63) is 36.4 Å². The molecule has 0 aliphatic heterocycles. The van der Waals surface area contributed by atoms with E-state index in [1.165, 1.54) is 15.7 Å². The van der Waals surface area contributed by atoms with E-state index in [1.54, 1.807) is 18.9 Å². The van der Waals surface area contributed by atoms with E-state index in [0.29, 0.717) is 0 Å². The summed E-state index contributed by atoms with van der Waals surface area (Å²) >= 11 is 1.77. The second-order valence-corrected chi connectivity index (χ2v) is 3.90. The van der Waals surface area contributed by atoms with E-state index in [-0.39, 0.29) is 0 Å². The average Bonchev–Trinajstić information content (AvgIpc) is 2.27. The van der Waals surface area contributed by atoms with Crippen LogP contribution in [0.3, 0.4) is 0 Å². The van der Waals surface area contributed by atoms with Gasteiger partial charge in [0, 0.05) is 4.90 Å². The lowest BCUT2D eigenvalue weighted by Gasteiger charge is -2.05. The first-order chi connectivity index (χ1) is 6.85. The highest BCUT2D eigenvalue weighted by Gasteiger charge is 2.00. The largest absolute Gasteiger partial charge is 0.497 e. The van der Waals surface area contributed by atoms with Crippen LogP contribution in [0.2, 0.25) is 0 Å². The number of benzene rings is 2. The monoisotopic (exact) mass is 204 g/mol. The number of thioether (sulfide) groups is 1. The summed E-state index contributed by atoms with van der Waals surface area (Å²) in [6.45, 7) is 0. The summed E-state index contributed by atoms with van der Waals surface area (Å²) in [7, 11) is 1.69. The predicted octanol–water partition coefficient (Wildman–Crippen LogP) is 3.57. The molecule has 2 heteroatoms. The molecule has 0 saturated heterocycles. The molecule has 2 aromatic carbocycles. The van der Waals surface area contributed by atoms with Crippen LogP contribution in [0.1, 0.15) is 0 Å². The molecule has 1 nitrogen and oxygen atoms in total. The third kappa shape index (κ3) is 1.58. The van der Waals surface area contributed by atoms with E-state index >= 15 is 0 Å². The Bertz CT molecular complexity index is 451. The molecule has 0 atom stereocenters. The minimum atomic E-state index is 0.913. The molecule has 0 unspecified atom stereocenters. The molecule has 0 heterocycles. The van der Waals surface area contributed by atoms with Gasteiger partial charge in [0.05, 0.1) is 7.11 Å². The Morgan fingerprint density at radius 3 is 2.71 bits per heavy atom. The van der Waals surface area contributed by atoms with Crippen LogP contribution in [0, 0.1) is 0 Å². The normalized spacial score (nSPS) is 10.4. The molecular formula is C12H12OS. The van der Waals surface area contributed by atoms with Gasteiger partial charge in [0.25, 0.3) is 0 Å². The Morgan fingerprint density at radius 1 is 1.14 bits per heavy atom. The Balaban J connectivity index is 2.67. The van der Waals surface area contributed by atoms with Crippen molar-refractivity contribution in [2.24, 2.45) is 0 Å². The summed E-state index contributed by atoms with van der Waals surface area (Å²) in [6.07, 6.45) is 2.10. The van der Waals surface area contributed by atoms with Crippen molar-refractivity contribution in [3.63, 3.8) is 0 Å². The van der Waals surface area contributed by atoms with Crippen molar-refractivity contribution < 1.29 is 4.74 Å². The number of hydrogen-bond acceptors (Lipinski definition) is 2. The van der Waals surface area contributed by atoms with Crippen LogP contribution >= 0.6 is 11.8 Å². The summed E-state index contributed by atoms with van der Waals surface area (Å²) in [4.78, 5) is 1.31. The van der Waals surface area contributed by atoms with Crippen molar-refractivity contribution in [1.82, 2.24) is 0 Å². The van der Waals surface area contributed by atoms with Crippen LogP contribution in [0.25, 0.3) is 10.8 Å². The van der Waals surface area contributed by atoms with E-state index in [9.17, 15) is 0 Å². The second kappa shape index (κ2) is 3.93. The highest BCUT2D eigenvalue weighted by Crippen LogP contribution is 2.28. The molecule has 0 aromatic heterocycles. The molecule has 14 heavy (non-hydrogen) atoms. The Hall–Kier alpha value is -1.15. The van der Waals surface area contributed by atoms with Crippen molar-refractivity contribution in [1.29, 1.82) is 0 Å². The highest BCUT2D eigenvalue weighted by atomic mass is 32.2. The van der Waals surface area contributed by atoms with Crippen molar-refractivity contribution >= 4 is 22.5 Å². The topological polar surface area (TPSA) is 9.23 Å². The molecule has 2 aromatic rings. The van der Waals surface area contributed by atoms with E-state index in [1.807, 2.05) is 6.07 Å². The molecule has 0 N–H and O–H groups in total. The highest BCUT2D eigenvalue weighted by molar-refractivity contribution is 7.98. The van der Waals surface area contributed by atoms with Gasteiger partial charge in [-0.15, -0.1) is 11.8 Å². The van der Waals surface area contributed by atoms with Crippen molar-refractivity contribution in [3.8, 4) is 5.75 Å². The van der Waals surface area contributed by atoms with Crippen LogP contribution in [0.5, 0.6) is 5.75 Å². The first-order valence-electron chi connectivity index (χ1n) is 4.46. The number of ether oxygens (including phenoxy) is 1. The van der Waals surface area contributed by atoms with E-state index in [2.05, 4.69) is 36.6 Å². The van der Waals surface area contributed by atoms with Gasteiger partial charge in [-0.05, 0) is 41.3 Å². The van der Waals surface area contributed by atoms with Gasteiger partial charge in [-0.1, -0.05) is 12.1 Å². The molecule has 72 valence electrons. The molecule has 0 aliphatic rings. The fourth-order valence-corrected chi connectivity index (χ4v) is 2.16. The maximum atomic E-state index is 5.19. The van der Waals surface area contributed by atoms with E-state index in [4.69, 9.17) is 4.74 Å². The summed E-state index contributed by atoms with van der Waals surface area (Å²) in [5.41, 5.74) is 0. The lowest BCUT2D eigenvalue weighted by molar-refractivity contribution is 0.415. The first-order valence-corrected chi connectivity index (χ1v) is 5.68. The van der Waals surface area contributed by atoms with Crippen LogP contribution in [0.4, 0.5) is 0 Å². The van der Waals surface area contributed by atoms with Gasteiger partial charge in [0.2, 0.25) is 0 Å². The quantitative estimate of drug-likeness (QED) is 0.692. The van der Waals surface area contributed by atoms with Crippen LogP contribution in [0.15, 0.2) is 41.3 Å². The Morgan fingerprint density at radius 2 is 2.00 bits per heavy atom. The maximum Gasteiger partial charge on any atom is 0.119 e. The average molecular weight is 204 g/mol. The SMILES string of the molecule is COc1ccc2c(SC)cccc2c1.